The number of hydrogen-bond acceptors (Lipinski definition) is 2. The fourth-order valence-electron chi connectivity index (χ4n) is 3.60. The van der Waals surface area contributed by atoms with Crippen molar-refractivity contribution in [2.75, 3.05) is 18.0 Å². The molecule has 3 heteroatoms. The summed E-state index contributed by atoms with van der Waals surface area (Å²) in [5, 5.41) is 1.19. The second kappa shape index (κ2) is 5.99. The van der Waals surface area contributed by atoms with Gasteiger partial charge < -0.3 is 4.90 Å². The highest BCUT2D eigenvalue weighted by Gasteiger charge is 2.23. The zero-order valence-electron chi connectivity index (χ0n) is 13.0. The zero-order chi connectivity index (χ0) is 15.6. The Hall–Kier alpha value is -2.42. The largest absolute Gasteiger partial charge is 0.371 e. The first-order valence-electron chi connectivity index (χ1n) is 8.16. The maximum atomic E-state index is 14.0. The van der Waals surface area contributed by atoms with Gasteiger partial charge in [0.25, 0.3) is 0 Å². The highest BCUT2D eigenvalue weighted by atomic mass is 19.1. The summed E-state index contributed by atoms with van der Waals surface area (Å²) in [6.07, 6.45) is 3.80. The minimum absolute atomic E-state index is 0.0692. The SMILES string of the molecule is Fc1ccccc1C1CCN(c2cccc3ncccc23)CC1. The summed E-state index contributed by atoms with van der Waals surface area (Å²) in [6.45, 7) is 1.90. The van der Waals surface area contributed by atoms with Crippen LogP contribution < -0.4 is 4.90 Å². The number of fused-ring (bicyclic) bond motifs is 1. The molecule has 1 aliphatic heterocycles. The van der Waals surface area contributed by atoms with Crippen molar-refractivity contribution < 1.29 is 4.39 Å². The lowest BCUT2D eigenvalue weighted by Crippen LogP contribution is -2.33. The van der Waals surface area contributed by atoms with Crippen molar-refractivity contribution in [1.82, 2.24) is 4.98 Å². The van der Waals surface area contributed by atoms with E-state index in [1.54, 1.807) is 12.1 Å². The first-order chi connectivity index (χ1) is 11.3. The highest BCUT2D eigenvalue weighted by Crippen LogP contribution is 2.34. The number of pyridine rings is 1. The van der Waals surface area contributed by atoms with Gasteiger partial charge in [0.2, 0.25) is 0 Å². The Balaban J connectivity index is 1.57. The van der Waals surface area contributed by atoms with Gasteiger partial charge in [-0.2, -0.15) is 0 Å². The van der Waals surface area contributed by atoms with Gasteiger partial charge in [0.15, 0.2) is 0 Å². The molecule has 1 aromatic heterocycles. The first kappa shape index (κ1) is 14.2. The van der Waals surface area contributed by atoms with Crippen molar-refractivity contribution in [1.29, 1.82) is 0 Å². The van der Waals surface area contributed by atoms with Crippen LogP contribution in [0.3, 0.4) is 0 Å². The van der Waals surface area contributed by atoms with E-state index in [1.807, 2.05) is 30.5 Å². The number of halogens is 1. The normalized spacial score (nSPS) is 16.0. The minimum Gasteiger partial charge on any atom is -0.371 e. The Kier molecular flexibility index (Phi) is 3.70. The van der Waals surface area contributed by atoms with E-state index in [2.05, 4.69) is 28.1 Å². The molecular weight excluding hydrogens is 287 g/mol. The third kappa shape index (κ3) is 2.67. The van der Waals surface area contributed by atoms with Gasteiger partial charge in [-0.15, -0.1) is 0 Å². The van der Waals surface area contributed by atoms with Crippen molar-refractivity contribution >= 4 is 16.6 Å². The second-order valence-corrected chi connectivity index (χ2v) is 6.13. The predicted octanol–water partition coefficient (Wildman–Crippen LogP) is 4.76. The van der Waals surface area contributed by atoms with Crippen molar-refractivity contribution in [3.63, 3.8) is 0 Å². The average molecular weight is 306 g/mol. The molecule has 0 saturated carbocycles. The van der Waals surface area contributed by atoms with Gasteiger partial charge >= 0.3 is 0 Å². The Morgan fingerprint density at radius 1 is 0.913 bits per heavy atom. The number of hydrogen-bond donors (Lipinski definition) is 0. The molecule has 2 aromatic carbocycles. The average Bonchev–Trinajstić information content (AvgIpc) is 2.62. The lowest BCUT2D eigenvalue weighted by molar-refractivity contribution is 0.482. The van der Waals surface area contributed by atoms with Gasteiger partial charge in [-0.1, -0.05) is 24.3 Å². The van der Waals surface area contributed by atoms with E-state index in [1.165, 1.54) is 11.1 Å². The van der Waals surface area contributed by atoms with Crippen LogP contribution in [0.1, 0.15) is 24.3 Å². The van der Waals surface area contributed by atoms with Gasteiger partial charge in [0.05, 0.1) is 5.52 Å². The monoisotopic (exact) mass is 306 g/mol. The topological polar surface area (TPSA) is 16.1 Å². The van der Waals surface area contributed by atoms with E-state index in [-0.39, 0.29) is 5.82 Å². The molecule has 0 unspecified atom stereocenters. The summed E-state index contributed by atoms with van der Waals surface area (Å²) >= 11 is 0. The summed E-state index contributed by atoms with van der Waals surface area (Å²) in [5.41, 5.74) is 3.13. The fraction of sp³-hybridized carbons (Fsp3) is 0.250. The van der Waals surface area contributed by atoms with E-state index in [4.69, 9.17) is 0 Å². The lowest BCUT2D eigenvalue weighted by atomic mass is 9.89. The molecular formula is C20H19FN2. The summed E-state index contributed by atoms with van der Waals surface area (Å²) < 4.78 is 14.0. The van der Waals surface area contributed by atoms with Crippen LogP contribution in [0.5, 0.6) is 0 Å². The minimum atomic E-state index is -0.0692. The van der Waals surface area contributed by atoms with Crippen molar-refractivity contribution in [3.8, 4) is 0 Å². The van der Waals surface area contributed by atoms with Crippen LogP contribution in [-0.4, -0.2) is 18.1 Å². The third-order valence-electron chi connectivity index (χ3n) is 4.80. The number of benzene rings is 2. The quantitative estimate of drug-likeness (QED) is 0.678. The smallest absolute Gasteiger partial charge is 0.126 e. The molecule has 1 aliphatic rings. The van der Waals surface area contributed by atoms with Crippen LogP contribution in [-0.2, 0) is 0 Å². The molecule has 0 amide bonds. The van der Waals surface area contributed by atoms with E-state index in [0.29, 0.717) is 5.92 Å². The van der Waals surface area contributed by atoms with E-state index in [9.17, 15) is 4.39 Å². The maximum Gasteiger partial charge on any atom is 0.126 e. The Bertz CT molecular complexity index is 817. The first-order valence-corrected chi connectivity index (χ1v) is 8.16. The molecule has 0 spiro atoms. The molecule has 4 rings (SSSR count). The number of anilines is 1. The van der Waals surface area contributed by atoms with Gasteiger partial charge in [-0.05, 0) is 54.7 Å². The van der Waals surface area contributed by atoms with E-state index < -0.39 is 0 Å². The van der Waals surface area contributed by atoms with Crippen molar-refractivity contribution in [2.45, 2.75) is 18.8 Å². The second-order valence-electron chi connectivity index (χ2n) is 6.13. The fourth-order valence-corrected chi connectivity index (χ4v) is 3.60. The lowest BCUT2D eigenvalue weighted by Gasteiger charge is -2.34. The summed E-state index contributed by atoms with van der Waals surface area (Å²) in [7, 11) is 0. The molecule has 0 bridgehead atoms. The van der Waals surface area contributed by atoms with Crippen molar-refractivity contribution in [2.24, 2.45) is 0 Å². The summed E-state index contributed by atoms with van der Waals surface area (Å²) in [6, 6.07) is 17.6. The summed E-state index contributed by atoms with van der Waals surface area (Å²) in [4.78, 5) is 6.84. The molecule has 0 N–H and O–H groups in total. The molecule has 2 heterocycles. The molecule has 23 heavy (non-hydrogen) atoms. The molecule has 1 fully saturated rings. The van der Waals surface area contributed by atoms with Crippen LogP contribution in [0.4, 0.5) is 10.1 Å². The number of nitrogens with zero attached hydrogens (tertiary/aromatic N) is 2. The predicted molar refractivity (Wildman–Crippen MR) is 92.3 cm³/mol. The van der Waals surface area contributed by atoms with Crippen LogP contribution in [0.15, 0.2) is 60.8 Å². The zero-order valence-corrected chi connectivity index (χ0v) is 13.0. The van der Waals surface area contributed by atoms with Gasteiger partial charge in [-0.25, -0.2) is 4.39 Å². The molecule has 0 aliphatic carbocycles. The van der Waals surface area contributed by atoms with Crippen LogP contribution >= 0.6 is 0 Å². The summed E-state index contributed by atoms with van der Waals surface area (Å²) in [5.74, 6) is 0.251. The number of aromatic nitrogens is 1. The Morgan fingerprint density at radius 3 is 2.57 bits per heavy atom. The number of piperidine rings is 1. The standard InChI is InChI=1S/C20H19FN2/c21-18-7-2-1-5-16(18)15-10-13-23(14-11-15)20-9-3-8-19-17(20)6-4-12-22-19/h1-9,12,15H,10-11,13-14H2. The Labute approximate surface area is 135 Å². The molecule has 1 saturated heterocycles. The van der Waals surface area contributed by atoms with Crippen LogP contribution in [0, 0.1) is 5.82 Å². The van der Waals surface area contributed by atoms with Crippen LogP contribution in [0.2, 0.25) is 0 Å². The molecule has 3 aromatic rings. The molecule has 2 nitrogen and oxygen atoms in total. The number of rotatable bonds is 2. The maximum absolute atomic E-state index is 14.0. The molecule has 116 valence electrons. The van der Waals surface area contributed by atoms with E-state index in [0.717, 1.165) is 37.0 Å². The molecule has 0 radical (unpaired) electrons. The highest BCUT2D eigenvalue weighted by molar-refractivity contribution is 5.91. The van der Waals surface area contributed by atoms with E-state index >= 15 is 0 Å². The van der Waals surface area contributed by atoms with Crippen molar-refractivity contribution in [3.05, 3.63) is 72.2 Å². The third-order valence-corrected chi connectivity index (χ3v) is 4.80. The molecule has 0 atom stereocenters. The van der Waals surface area contributed by atoms with Gasteiger partial charge in [-0.3, -0.25) is 4.98 Å². The van der Waals surface area contributed by atoms with Crippen LogP contribution in [0.25, 0.3) is 10.9 Å². The van der Waals surface area contributed by atoms with Gasteiger partial charge in [0.1, 0.15) is 5.82 Å². The van der Waals surface area contributed by atoms with Gasteiger partial charge in [0, 0.05) is 30.4 Å². The Morgan fingerprint density at radius 2 is 1.74 bits per heavy atom.